The van der Waals surface area contributed by atoms with Crippen molar-refractivity contribution in [3.05, 3.63) is 22.4 Å². The molecule has 3 nitrogen and oxygen atoms in total. The highest BCUT2D eigenvalue weighted by atomic mass is 32.1. The maximum absolute atomic E-state index is 3.87. The van der Waals surface area contributed by atoms with Crippen LogP contribution in [0.3, 0.4) is 0 Å². The first kappa shape index (κ1) is 14.5. The zero-order valence-electron chi connectivity index (χ0n) is 12.7. The van der Waals surface area contributed by atoms with Crippen LogP contribution in [0, 0.1) is 0 Å². The van der Waals surface area contributed by atoms with Crippen molar-refractivity contribution in [1.82, 2.24) is 15.1 Å². The van der Waals surface area contributed by atoms with Crippen LogP contribution in [-0.4, -0.2) is 55.6 Å². The van der Waals surface area contributed by atoms with Gasteiger partial charge < -0.3 is 10.2 Å². The van der Waals surface area contributed by atoms with Gasteiger partial charge in [-0.1, -0.05) is 12.5 Å². The Morgan fingerprint density at radius 3 is 3.00 bits per heavy atom. The minimum atomic E-state index is 0.507. The summed E-state index contributed by atoms with van der Waals surface area (Å²) < 4.78 is 0. The van der Waals surface area contributed by atoms with Crippen LogP contribution < -0.4 is 5.32 Å². The van der Waals surface area contributed by atoms with Crippen molar-refractivity contribution in [2.24, 2.45) is 0 Å². The third-order valence-corrected chi connectivity index (χ3v) is 5.90. The van der Waals surface area contributed by atoms with E-state index in [9.17, 15) is 0 Å². The molecule has 1 N–H and O–H groups in total. The van der Waals surface area contributed by atoms with Crippen LogP contribution in [0.4, 0.5) is 0 Å². The first-order valence-corrected chi connectivity index (χ1v) is 8.81. The van der Waals surface area contributed by atoms with Crippen molar-refractivity contribution < 1.29 is 0 Å². The lowest BCUT2D eigenvalue weighted by Gasteiger charge is -2.34. The third-order valence-electron chi connectivity index (χ3n) is 4.92. The number of likely N-dealkylation sites (N-methyl/N-ethyl adjacent to an activating group) is 1. The lowest BCUT2D eigenvalue weighted by Crippen LogP contribution is -2.46. The minimum absolute atomic E-state index is 0.507. The van der Waals surface area contributed by atoms with Gasteiger partial charge in [-0.25, -0.2) is 0 Å². The Labute approximate surface area is 127 Å². The summed E-state index contributed by atoms with van der Waals surface area (Å²) in [6, 6.07) is 6.44. The fraction of sp³-hybridized carbons (Fsp3) is 0.750. The number of thiophene rings is 1. The van der Waals surface area contributed by atoms with E-state index in [0.29, 0.717) is 12.1 Å². The van der Waals surface area contributed by atoms with E-state index in [-0.39, 0.29) is 0 Å². The van der Waals surface area contributed by atoms with Crippen molar-refractivity contribution in [3.63, 3.8) is 0 Å². The molecule has 3 atom stereocenters. The Morgan fingerprint density at radius 2 is 2.25 bits per heavy atom. The molecule has 1 aromatic rings. The fourth-order valence-corrected chi connectivity index (χ4v) is 4.69. The van der Waals surface area contributed by atoms with E-state index >= 15 is 0 Å². The third kappa shape index (κ3) is 3.08. The molecule has 0 saturated carbocycles. The Bertz CT molecular complexity index is 404. The quantitative estimate of drug-likeness (QED) is 0.900. The van der Waals surface area contributed by atoms with Crippen LogP contribution in [0.5, 0.6) is 0 Å². The summed E-state index contributed by atoms with van der Waals surface area (Å²) in [4.78, 5) is 6.52. The lowest BCUT2D eigenvalue weighted by molar-refractivity contribution is 0.176. The molecule has 0 aromatic carbocycles. The first-order valence-electron chi connectivity index (χ1n) is 7.93. The molecule has 0 amide bonds. The van der Waals surface area contributed by atoms with E-state index in [1.54, 1.807) is 0 Å². The number of rotatable bonds is 5. The molecular formula is C16H27N3S. The van der Waals surface area contributed by atoms with Crippen molar-refractivity contribution in [3.8, 4) is 0 Å². The van der Waals surface area contributed by atoms with Crippen LogP contribution in [0.25, 0.3) is 0 Å². The highest BCUT2D eigenvalue weighted by Gasteiger charge is 2.35. The monoisotopic (exact) mass is 293 g/mol. The Kier molecular flexibility index (Phi) is 4.76. The molecule has 2 saturated heterocycles. The van der Waals surface area contributed by atoms with Crippen LogP contribution in [-0.2, 0) is 0 Å². The molecule has 3 unspecified atom stereocenters. The maximum atomic E-state index is 3.87. The second-order valence-electron chi connectivity index (χ2n) is 6.40. The van der Waals surface area contributed by atoms with Gasteiger partial charge in [0.1, 0.15) is 0 Å². The average Bonchev–Trinajstić information content (AvgIpc) is 3.09. The molecule has 0 bridgehead atoms. The number of nitrogens with one attached hydrogen (secondary N) is 1. The van der Waals surface area contributed by atoms with Gasteiger partial charge in [0.05, 0.1) is 6.04 Å². The zero-order chi connectivity index (χ0) is 13.9. The largest absolute Gasteiger partial charge is 0.310 e. The van der Waals surface area contributed by atoms with E-state index < -0.39 is 0 Å². The highest BCUT2D eigenvalue weighted by Crippen LogP contribution is 2.28. The van der Waals surface area contributed by atoms with Gasteiger partial charge in [-0.15, -0.1) is 11.3 Å². The molecule has 3 rings (SSSR count). The van der Waals surface area contributed by atoms with Gasteiger partial charge in [0.2, 0.25) is 0 Å². The minimum Gasteiger partial charge on any atom is -0.310 e. The van der Waals surface area contributed by atoms with E-state index in [1.807, 2.05) is 11.3 Å². The topological polar surface area (TPSA) is 18.5 Å². The molecule has 3 heterocycles. The number of hydrogen-bond donors (Lipinski definition) is 1. The molecule has 20 heavy (non-hydrogen) atoms. The van der Waals surface area contributed by atoms with E-state index in [1.165, 1.54) is 43.6 Å². The van der Waals surface area contributed by atoms with Crippen molar-refractivity contribution in [1.29, 1.82) is 0 Å². The molecule has 0 aliphatic carbocycles. The van der Waals surface area contributed by atoms with Crippen LogP contribution in [0.2, 0.25) is 0 Å². The van der Waals surface area contributed by atoms with Gasteiger partial charge in [0, 0.05) is 30.1 Å². The molecule has 1 aromatic heterocycles. The standard InChI is InChI=1S/C16H27N3S/c1-18(2)15(16-7-5-11-20-16)12-17-13-8-10-19-9-4-3-6-14(13)19/h5,7,11,13-15,17H,3-4,6,8-10,12H2,1-2H3. The summed E-state index contributed by atoms with van der Waals surface area (Å²) >= 11 is 1.87. The SMILES string of the molecule is CN(C)C(CNC1CCN2CCCCC12)c1cccs1. The fourth-order valence-electron chi connectivity index (χ4n) is 3.77. The van der Waals surface area contributed by atoms with Gasteiger partial charge in [0.15, 0.2) is 0 Å². The Hall–Kier alpha value is -0.420. The number of fused-ring (bicyclic) bond motifs is 1. The summed E-state index contributed by atoms with van der Waals surface area (Å²) in [6.45, 7) is 3.70. The molecule has 0 spiro atoms. The first-order chi connectivity index (χ1) is 9.75. The molecule has 0 radical (unpaired) electrons. The zero-order valence-corrected chi connectivity index (χ0v) is 13.5. The van der Waals surface area contributed by atoms with Crippen LogP contribution in [0.15, 0.2) is 17.5 Å². The highest BCUT2D eigenvalue weighted by molar-refractivity contribution is 7.10. The van der Waals surface area contributed by atoms with E-state index in [0.717, 1.165) is 12.6 Å². The van der Waals surface area contributed by atoms with Crippen molar-refractivity contribution in [2.45, 2.75) is 43.8 Å². The predicted octanol–water partition coefficient (Wildman–Crippen LogP) is 2.57. The average molecular weight is 293 g/mol. The summed E-state index contributed by atoms with van der Waals surface area (Å²) in [5.41, 5.74) is 0. The molecule has 112 valence electrons. The Morgan fingerprint density at radius 1 is 1.35 bits per heavy atom. The lowest BCUT2D eigenvalue weighted by atomic mass is 9.99. The predicted molar refractivity (Wildman–Crippen MR) is 86.4 cm³/mol. The van der Waals surface area contributed by atoms with E-state index in [2.05, 4.69) is 46.7 Å². The molecule has 2 fully saturated rings. The van der Waals surface area contributed by atoms with E-state index in [4.69, 9.17) is 0 Å². The summed E-state index contributed by atoms with van der Waals surface area (Å²) in [7, 11) is 4.38. The smallest absolute Gasteiger partial charge is 0.0561 e. The van der Waals surface area contributed by atoms with Crippen LogP contribution in [0.1, 0.15) is 36.6 Å². The van der Waals surface area contributed by atoms with Gasteiger partial charge in [-0.2, -0.15) is 0 Å². The normalized spacial score (nSPS) is 28.8. The maximum Gasteiger partial charge on any atom is 0.0561 e. The van der Waals surface area contributed by atoms with Gasteiger partial charge >= 0.3 is 0 Å². The van der Waals surface area contributed by atoms with Crippen LogP contribution >= 0.6 is 11.3 Å². The summed E-state index contributed by atoms with van der Waals surface area (Å²) in [6.07, 6.45) is 5.54. The number of nitrogens with zero attached hydrogens (tertiary/aromatic N) is 2. The molecule has 2 aliphatic rings. The second-order valence-corrected chi connectivity index (χ2v) is 7.38. The second kappa shape index (κ2) is 6.56. The summed E-state index contributed by atoms with van der Waals surface area (Å²) in [5.74, 6) is 0. The number of hydrogen-bond acceptors (Lipinski definition) is 4. The van der Waals surface area contributed by atoms with Gasteiger partial charge in [-0.3, -0.25) is 4.90 Å². The Balaban J connectivity index is 1.58. The van der Waals surface area contributed by atoms with Gasteiger partial charge in [-0.05, 0) is 51.3 Å². The van der Waals surface area contributed by atoms with Gasteiger partial charge in [0.25, 0.3) is 0 Å². The van der Waals surface area contributed by atoms with Crippen molar-refractivity contribution in [2.75, 3.05) is 33.7 Å². The summed E-state index contributed by atoms with van der Waals surface area (Å²) in [5, 5.41) is 6.06. The molecule has 4 heteroatoms. The van der Waals surface area contributed by atoms with Crippen molar-refractivity contribution >= 4 is 11.3 Å². The molecule has 2 aliphatic heterocycles. The number of piperidine rings is 1. The molecular weight excluding hydrogens is 266 g/mol.